The van der Waals surface area contributed by atoms with E-state index in [2.05, 4.69) is 5.32 Å². The third-order valence-corrected chi connectivity index (χ3v) is 3.39. The van der Waals surface area contributed by atoms with Crippen molar-refractivity contribution in [2.75, 3.05) is 12.4 Å². The quantitative estimate of drug-likeness (QED) is 0.885. The van der Waals surface area contributed by atoms with Gasteiger partial charge in [0.25, 0.3) is 0 Å². The minimum Gasteiger partial charge on any atom is -0.333 e. The minimum atomic E-state index is -1.09. The molecule has 0 aliphatic heterocycles. The van der Waals surface area contributed by atoms with Crippen LogP contribution in [0.15, 0.2) is 42.5 Å². The fourth-order valence-electron chi connectivity index (χ4n) is 2.05. The normalized spacial score (nSPS) is 10.3. The van der Waals surface area contributed by atoms with Crippen LogP contribution in [-0.4, -0.2) is 23.8 Å². The van der Waals surface area contributed by atoms with Crippen LogP contribution in [0, 0.1) is 18.6 Å². The molecule has 2 amide bonds. The number of carbonyl (C=O) groups is 2. The summed E-state index contributed by atoms with van der Waals surface area (Å²) in [5.41, 5.74) is 1.95. The lowest BCUT2D eigenvalue weighted by atomic mass is 10.1. The SMILES string of the molecule is Cc1ccccc1CN(C)C(=O)C(=O)Nc1ccc(F)c(F)c1. The lowest BCUT2D eigenvalue weighted by Crippen LogP contribution is -2.36. The van der Waals surface area contributed by atoms with E-state index in [0.717, 1.165) is 23.3 Å². The number of hydrogen-bond acceptors (Lipinski definition) is 2. The molecule has 0 atom stereocenters. The van der Waals surface area contributed by atoms with E-state index in [0.29, 0.717) is 0 Å². The summed E-state index contributed by atoms with van der Waals surface area (Å²) < 4.78 is 25.9. The van der Waals surface area contributed by atoms with Gasteiger partial charge in [0.2, 0.25) is 0 Å². The number of carbonyl (C=O) groups excluding carboxylic acids is 2. The number of nitrogens with zero attached hydrogens (tertiary/aromatic N) is 1. The van der Waals surface area contributed by atoms with E-state index in [1.807, 2.05) is 31.2 Å². The molecular formula is C17H16F2N2O2. The average molecular weight is 318 g/mol. The summed E-state index contributed by atoms with van der Waals surface area (Å²) in [6.07, 6.45) is 0. The summed E-state index contributed by atoms with van der Waals surface area (Å²) in [6, 6.07) is 10.4. The monoisotopic (exact) mass is 318 g/mol. The molecule has 0 aliphatic rings. The van der Waals surface area contributed by atoms with Crippen molar-refractivity contribution < 1.29 is 18.4 Å². The molecule has 0 bridgehead atoms. The number of anilines is 1. The van der Waals surface area contributed by atoms with Crippen molar-refractivity contribution in [3.05, 3.63) is 65.2 Å². The highest BCUT2D eigenvalue weighted by Crippen LogP contribution is 2.14. The summed E-state index contributed by atoms with van der Waals surface area (Å²) in [7, 11) is 1.50. The first kappa shape index (κ1) is 16.6. The maximum absolute atomic E-state index is 13.1. The first-order valence-electron chi connectivity index (χ1n) is 6.94. The predicted molar refractivity (Wildman–Crippen MR) is 82.6 cm³/mol. The number of amides is 2. The van der Waals surface area contributed by atoms with Crippen LogP contribution in [0.5, 0.6) is 0 Å². The highest BCUT2D eigenvalue weighted by molar-refractivity contribution is 6.39. The van der Waals surface area contributed by atoms with Gasteiger partial charge in [-0.1, -0.05) is 24.3 Å². The van der Waals surface area contributed by atoms with Gasteiger partial charge in [-0.25, -0.2) is 8.78 Å². The third kappa shape index (κ3) is 4.12. The molecular weight excluding hydrogens is 302 g/mol. The van der Waals surface area contributed by atoms with Gasteiger partial charge in [0.15, 0.2) is 11.6 Å². The zero-order chi connectivity index (χ0) is 17.0. The number of benzene rings is 2. The lowest BCUT2D eigenvalue weighted by Gasteiger charge is -2.18. The van der Waals surface area contributed by atoms with Crippen LogP contribution in [-0.2, 0) is 16.1 Å². The molecule has 0 aliphatic carbocycles. The zero-order valence-corrected chi connectivity index (χ0v) is 12.8. The fourth-order valence-corrected chi connectivity index (χ4v) is 2.05. The topological polar surface area (TPSA) is 49.4 Å². The second kappa shape index (κ2) is 7.00. The molecule has 0 radical (unpaired) electrons. The van der Waals surface area contributed by atoms with Gasteiger partial charge in [-0.05, 0) is 30.2 Å². The number of nitrogens with one attached hydrogen (secondary N) is 1. The minimum absolute atomic E-state index is 0.0199. The molecule has 0 saturated carbocycles. The molecule has 2 aromatic rings. The second-order valence-corrected chi connectivity index (χ2v) is 5.17. The molecule has 0 fully saturated rings. The molecule has 2 aromatic carbocycles. The van der Waals surface area contributed by atoms with Crippen LogP contribution in [0.3, 0.4) is 0 Å². The summed E-state index contributed by atoms with van der Waals surface area (Å²) >= 11 is 0. The molecule has 2 rings (SSSR count). The first-order chi connectivity index (χ1) is 10.9. The summed E-state index contributed by atoms with van der Waals surface area (Å²) in [4.78, 5) is 25.2. The lowest BCUT2D eigenvalue weighted by molar-refractivity contribution is -0.142. The molecule has 1 N–H and O–H groups in total. The van der Waals surface area contributed by atoms with Crippen molar-refractivity contribution in [1.29, 1.82) is 0 Å². The van der Waals surface area contributed by atoms with Gasteiger partial charge in [-0.2, -0.15) is 0 Å². The van der Waals surface area contributed by atoms with Gasteiger partial charge in [-0.3, -0.25) is 9.59 Å². The summed E-state index contributed by atoms with van der Waals surface area (Å²) in [5.74, 6) is -3.79. The van der Waals surface area contributed by atoms with Crippen LogP contribution < -0.4 is 5.32 Å². The van der Waals surface area contributed by atoms with E-state index in [9.17, 15) is 18.4 Å². The standard InChI is InChI=1S/C17H16F2N2O2/c1-11-5-3-4-6-12(11)10-21(2)17(23)16(22)20-13-7-8-14(18)15(19)9-13/h3-9H,10H2,1-2H3,(H,20,22). The van der Waals surface area contributed by atoms with E-state index in [4.69, 9.17) is 0 Å². The fraction of sp³-hybridized carbons (Fsp3) is 0.176. The van der Waals surface area contributed by atoms with E-state index < -0.39 is 23.4 Å². The van der Waals surface area contributed by atoms with Crippen LogP contribution in [0.1, 0.15) is 11.1 Å². The summed E-state index contributed by atoms with van der Waals surface area (Å²) in [5, 5.41) is 2.25. The predicted octanol–water partition coefficient (Wildman–Crippen LogP) is 2.87. The zero-order valence-electron chi connectivity index (χ0n) is 12.8. The highest BCUT2D eigenvalue weighted by atomic mass is 19.2. The smallest absolute Gasteiger partial charge is 0.313 e. The van der Waals surface area contributed by atoms with Gasteiger partial charge in [-0.15, -0.1) is 0 Å². The van der Waals surface area contributed by atoms with Crippen LogP contribution in [0.25, 0.3) is 0 Å². The molecule has 4 nitrogen and oxygen atoms in total. The Kier molecular flexibility index (Phi) is 5.05. The van der Waals surface area contributed by atoms with Crippen molar-refractivity contribution >= 4 is 17.5 Å². The van der Waals surface area contributed by atoms with Gasteiger partial charge >= 0.3 is 11.8 Å². The summed E-state index contributed by atoms with van der Waals surface area (Å²) in [6.45, 7) is 2.19. The van der Waals surface area contributed by atoms with Crippen molar-refractivity contribution in [2.24, 2.45) is 0 Å². The number of aryl methyl sites for hydroxylation is 1. The Balaban J connectivity index is 2.02. The molecule has 0 aromatic heterocycles. The first-order valence-corrected chi connectivity index (χ1v) is 6.94. The maximum Gasteiger partial charge on any atom is 0.313 e. The maximum atomic E-state index is 13.1. The molecule has 0 saturated heterocycles. The van der Waals surface area contributed by atoms with Crippen LogP contribution in [0.4, 0.5) is 14.5 Å². The Labute approximate surface area is 132 Å². The second-order valence-electron chi connectivity index (χ2n) is 5.17. The Morgan fingerprint density at radius 3 is 2.43 bits per heavy atom. The Morgan fingerprint density at radius 1 is 1.09 bits per heavy atom. The van der Waals surface area contributed by atoms with Crippen molar-refractivity contribution in [3.63, 3.8) is 0 Å². The Morgan fingerprint density at radius 2 is 1.78 bits per heavy atom. The van der Waals surface area contributed by atoms with E-state index in [-0.39, 0.29) is 12.2 Å². The van der Waals surface area contributed by atoms with Gasteiger partial charge < -0.3 is 10.2 Å². The van der Waals surface area contributed by atoms with Gasteiger partial charge in [0.1, 0.15) is 0 Å². The Bertz CT molecular complexity index is 747. The number of likely N-dealkylation sites (N-methyl/N-ethyl adjacent to an activating group) is 1. The highest BCUT2D eigenvalue weighted by Gasteiger charge is 2.19. The molecule has 120 valence electrons. The largest absolute Gasteiger partial charge is 0.333 e. The van der Waals surface area contributed by atoms with Crippen LogP contribution >= 0.6 is 0 Å². The average Bonchev–Trinajstić information content (AvgIpc) is 2.52. The van der Waals surface area contributed by atoms with Crippen molar-refractivity contribution in [2.45, 2.75) is 13.5 Å². The van der Waals surface area contributed by atoms with E-state index in [1.165, 1.54) is 18.0 Å². The molecule has 6 heteroatoms. The van der Waals surface area contributed by atoms with E-state index >= 15 is 0 Å². The third-order valence-electron chi connectivity index (χ3n) is 3.39. The molecule has 23 heavy (non-hydrogen) atoms. The molecule has 0 heterocycles. The Hall–Kier alpha value is -2.76. The molecule has 0 spiro atoms. The van der Waals surface area contributed by atoms with E-state index in [1.54, 1.807) is 0 Å². The number of hydrogen-bond donors (Lipinski definition) is 1. The van der Waals surface area contributed by atoms with Crippen molar-refractivity contribution in [3.8, 4) is 0 Å². The molecule has 0 unspecified atom stereocenters. The van der Waals surface area contributed by atoms with Gasteiger partial charge in [0, 0.05) is 25.3 Å². The number of rotatable bonds is 3. The van der Waals surface area contributed by atoms with Crippen molar-refractivity contribution in [1.82, 2.24) is 4.90 Å². The van der Waals surface area contributed by atoms with Crippen LogP contribution in [0.2, 0.25) is 0 Å². The van der Waals surface area contributed by atoms with Gasteiger partial charge in [0.05, 0.1) is 0 Å². The number of halogens is 2.